The van der Waals surface area contributed by atoms with E-state index >= 15 is 0 Å². The zero-order chi connectivity index (χ0) is 14.3. The van der Waals surface area contributed by atoms with Gasteiger partial charge < -0.3 is 9.47 Å². The highest BCUT2D eigenvalue weighted by Crippen LogP contribution is 2.02. The van der Waals surface area contributed by atoms with E-state index in [1.54, 1.807) is 26.0 Å². The third kappa shape index (κ3) is 4.67. The molecule has 0 aliphatic carbocycles. The second kappa shape index (κ2) is 7.48. The number of aromatic nitrogens is 1. The first-order chi connectivity index (χ1) is 9.08. The average Bonchev–Trinajstić information content (AvgIpc) is 2.44. The predicted molar refractivity (Wildman–Crippen MR) is 68.5 cm³/mol. The molecule has 0 radical (unpaired) electrons. The molecule has 19 heavy (non-hydrogen) atoms. The van der Waals surface area contributed by atoms with Gasteiger partial charge in [-0.1, -0.05) is 0 Å². The van der Waals surface area contributed by atoms with Crippen molar-refractivity contribution >= 4 is 11.9 Å². The number of rotatable bonds is 6. The van der Waals surface area contributed by atoms with Crippen LogP contribution in [0.5, 0.6) is 0 Å². The van der Waals surface area contributed by atoms with Crippen molar-refractivity contribution in [3.05, 3.63) is 29.6 Å². The molecule has 1 atom stereocenters. The van der Waals surface area contributed by atoms with Crippen molar-refractivity contribution in [1.29, 1.82) is 0 Å². The fraction of sp³-hybridized carbons (Fsp3) is 0.462. The summed E-state index contributed by atoms with van der Waals surface area (Å²) in [5.41, 5.74) is 1.12. The smallest absolute Gasteiger partial charge is 0.339 e. The second-order valence-corrected chi connectivity index (χ2v) is 3.88. The van der Waals surface area contributed by atoms with E-state index in [9.17, 15) is 9.59 Å². The van der Waals surface area contributed by atoms with Crippen LogP contribution < -0.4 is 5.32 Å². The van der Waals surface area contributed by atoms with Gasteiger partial charge in [0.05, 0.1) is 25.0 Å². The van der Waals surface area contributed by atoms with Gasteiger partial charge in [-0.2, -0.15) is 0 Å². The van der Waals surface area contributed by atoms with E-state index in [0.717, 1.165) is 5.69 Å². The summed E-state index contributed by atoms with van der Waals surface area (Å²) in [6.07, 6.45) is 1.44. The van der Waals surface area contributed by atoms with Gasteiger partial charge in [0.1, 0.15) is 6.04 Å². The minimum Gasteiger partial charge on any atom is -0.465 e. The van der Waals surface area contributed by atoms with Crippen LogP contribution in [-0.4, -0.2) is 36.7 Å². The zero-order valence-corrected chi connectivity index (χ0v) is 11.3. The van der Waals surface area contributed by atoms with Crippen molar-refractivity contribution in [2.24, 2.45) is 0 Å². The number of carbonyl (C=O) groups excluding carboxylic acids is 2. The number of methoxy groups -OCH3 is 1. The number of hydrogen-bond donors (Lipinski definition) is 1. The summed E-state index contributed by atoms with van der Waals surface area (Å²) in [4.78, 5) is 26.7. The lowest BCUT2D eigenvalue weighted by Crippen LogP contribution is -2.35. The molecule has 0 fully saturated rings. The van der Waals surface area contributed by atoms with Crippen LogP contribution in [0, 0.1) is 0 Å². The molecular formula is C13H18N2O4. The fourth-order valence-electron chi connectivity index (χ4n) is 1.38. The summed E-state index contributed by atoms with van der Waals surface area (Å²) in [6.45, 7) is 4.26. The van der Waals surface area contributed by atoms with Crippen LogP contribution in [0.15, 0.2) is 18.3 Å². The Kier molecular flexibility index (Phi) is 5.95. The molecule has 0 saturated heterocycles. The molecule has 104 valence electrons. The quantitative estimate of drug-likeness (QED) is 0.771. The first-order valence-electron chi connectivity index (χ1n) is 6.01. The lowest BCUT2D eigenvalue weighted by atomic mass is 10.2. The maximum Gasteiger partial charge on any atom is 0.339 e. The van der Waals surface area contributed by atoms with Crippen molar-refractivity contribution < 1.29 is 19.1 Å². The van der Waals surface area contributed by atoms with E-state index in [0.29, 0.717) is 18.7 Å². The largest absolute Gasteiger partial charge is 0.465 e. The van der Waals surface area contributed by atoms with E-state index in [1.807, 2.05) is 0 Å². The summed E-state index contributed by atoms with van der Waals surface area (Å²) in [7, 11) is 1.32. The molecular weight excluding hydrogens is 248 g/mol. The number of hydrogen-bond acceptors (Lipinski definition) is 6. The third-order valence-corrected chi connectivity index (χ3v) is 2.48. The molecule has 0 amide bonds. The summed E-state index contributed by atoms with van der Waals surface area (Å²) >= 11 is 0. The Labute approximate surface area is 112 Å². The molecule has 6 nitrogen and oxygen atoms in total. The van der Waals surface area contributed by atoms with Crippen LogP contribution in [0.25, 0.3) is 0 Å². The molecule has 0 aromatic carbocycles. The monoisotopic (exact) mass is 266 g/mol. The van der Waals surface area contributed by atoms with Crippen LogP contribution in [0.4, 0.5) is 0 Å². The van der Waals surface area contributed by atoms with Gasteiger partial charge >= 0.3 is 11.9 Å². The van der Waals surface area contributed by atoms with E-state index < -0.39 is 12.0 Å². The van der Waals surface area contributed by atoms with Crippen molar-refractivity contribution in [3.63, 3.8) is 0 Å². The van der Waals surface area contributed by atoms with Gasteiger partial charge in [0.15, 0.2) is 0 Å². The fourth-order valence-corrected chi connectivity index (χ4v) is 1.38. The van der Waals surface area contributed by atoms with Gasteiger partial charge in [-0.25, -0.2) is 4.79 Å². The van der Waals surface area contributed by atoms with Gasteiger partial charge in [0.25, 0.3) is 0 Å². The van der Waals surface area contributed by atoms with Gasteiger partial charge in [0.2, 0.25) is 0 Å². The number of nitrogens with zero attached hydrogens (tertiary/aromatic N) is 1. The highest BCUT2D eigenvalue weighted by Gasteiger charge is 2.13. The van der Waals surface area contributed by atoms with Crippen molar-refractivity contribution in [3.8, 4) is 0 Å². The lowest BCUT2D eigenvalue weighted by Gasteiger charge is -2.12. The minimum absolute atomic E-state index is 0.298. The molecule has 1 N–H and O–H groups in total. The Morgan fingerprint density at radius 3 is 2.68 bits per heavy atom. The first kappa shape index (κ1) is 15.1. The van der Waals surface area contributed by atoms with E-state index in [-0.39, 0.29) is 5.97 Å². The maximum absolute atomic E-state index is 11.4. The van der Waals surface area contributed by atoms with Gasteiger partial charge in [0, 0.05) is 12.7 Å². The van der Waals surface area contributed by atoms with Crippen LogP contribution >= 0.6 is 0 Å². The Balaban J connectivity index is 2.50. The standard InChI is InChI=1S/C13H18N2O4/c1-4-19-12(16)9(2)14-8-11-6-5-10(7-15-11)13(17)18-3/h5-7,9,14H,4,8H2,1-3H3. The molecule has 6 heteroatoms. The Morgan fingerprint density at radius 2 is 2.16 bits per heavy atom. The van der Waals surface area contributed by atoms with Crippen LogP contribution in [0.1, 0.15) is 29.9 Å². The number of ether oxygens (including phenoxy) is 2. The molecule has 0 saturated carbocycles. The van der Waals surface area contributed by atoms with E-state index in [1.165, 1.54) is 13.3 Å². The molecule has 0 bridgehead atoms. The van der Waals surface area contributed by atoms with E-state index in [4.69, 9.17) is 4.74 Å². The Hall–Kier alpha value is -1.95. The number of esters is 2. The molecule has 0 aliphatic rings. The zero-order valence-electron chi connectivity index (χ0n) is 11.3. The van der Waals surface area contributed by atoms with Gasteiger partial charge in [-0.3, -0.25) is 15.1 Å². The summed E-state index contributed by atoms with van der Waals surface area (Å²) in [5.74, 6) is -0.722. The topological polar surface area (TPSA) is 77.5 Å². The summed E-state index contributed by atoms with van der Waals surface area (Å²) in [6, 6.07) is 2.93. The third-order valence-electron chi connectivity index (χ3n) is 2.48. The number of nitrogens with one attached hydrogen (secondary N) is 1. The molecule has 1 heterocycles. The van der Waals surface area contributed by atoms with E-state index in [2.05, 4.69) is 15.0 Å². The lowest BCUT2D eigenvalue weighted by molar-refractivity contribution is -0.145. The van der Waals surface area contributed by atoms with Crippen LogP contribution in [0.2, 0.25) is 0 Å². The molecule has 1 aromatic rings. The van der Waals surface area contributed by atoms with Crippen LogP contribution in [-0.2, 0) is 20.8 Å². The van der Waals surface area contributed by atoms with Crippen LogP contribution in [0.3, 0.4) is 0 Å². The Morgan fingerprint density at radius 1 is 1.42 bits per heavy atom. The Bertz CT molecular complexity index is 431. The SMILES string of the molecule is CCOC(=O)C(C)NCc1ccc(C(=O)OC)cn1. The predicted octanol–water partition coefficient (Wildman–Crippen LogP) is 0.909. The molecule has 0 spiro atoms. The van der Waals surface area contributed by atoms with Gasteiger partial charge in [-0.15, -0.1) is 0 Å². The molecule has 1 unspecified atom stereocenters. The number of carbonyl (C=O) groups is 2. The molecule has 0 aliphatic heterocycles. The normalized spacial score (nSPS) is 11.7. The first-order valence-corrected chi connectivity index (χ1v) is 6.01. The minimum atomic E-state index is -0.424. The summed E-state index contributed by atoms with van der Waals surface area (Å²) < 4.78 is 9.45. The number of pyridine rings is 1. The highest BCUT2D eigenvalue weighted by molar-refractivity contribution is 5.88. The van der Waals surface area contributed by atoms with Gasteiger partial charge in [-0.05, 0) is 26.0 Å². The average molecular weight is 266 g/mol. The van der Waals surface area contributed by atoms with Crippen molar-refractivity contribution in [1.82, 2.24) is 10.3 Å². The molecule has 1 aromatic heterocycles. The second-order valence-electron chi connectivity index (χ2n) is 3.88. The highest BCUT2D eigenvalue weighted by atomic mass is 16.5. The van der Waals surface area contributed by atoms with Crippen molar-refractivity contribution in [2.75, 3.05) is 13.7 Å². The summed E-state index contributed by atoms with van der Waals surface area (Å²) in [5, 5.41) is 2.99. The van der Waals surface area contributed by atoms with Crippen molar-refractivity contribution in [2.45, 2.75) is 26.4 Å². The molecule has 1 rings (SSSR count). The maximum atomic E-state index is 11.4.